The number of benzene rings is 1. The van der Waals surface area contributed by atoms with E-state index in [1.165, 1.54) is 17.5 Å². The Kier molecular flexibility index (Phi) is 10.6. The van der Waals surface area contributed by atoms with Gasteiger partial charge in [0.2, 0.25) is 0 Å². The Morgan fingerprint density at radius 2 is 1.63 bits per heavy atom. The fourth-order valence-corrected chi connectivity index (χ4v) is 5.28. The van der Waals surface area contributed by atoms with E-state index in [2.05, 4.69) is 58.0 Å². The van der Waals surface area contributed by atoms with Gasteiger partial charge in [-0.05, 0) is 53.1 Å². The second kappa shape index (κ2) is 14.3. The summed E-state index contributed by atoms with van der Waals surface area (Å²) in [4.78, 5) is 15.4. The summed E-state index contributed by atoms with van der Waals surface area (Å²) in [6, 6.07) is 13.2. The Morgan fingerprint density at radius 3 is 2.34 bits per heavy atom. The molecule has 0 bridgehead atoms. The topological polar surface area (TPSA) is 93.7 Å². The second-order valence-electron chi connectivity index (χ2n) is 10.4. The molecule has 8 heteroatoms. The minimum absolute atomic E-state index is 0.229. The SMILES string of the molecule is CC.CC1(C)CCc2cc(-c3cc(-c4cnc(OCCN5CCOCC5)nc4)oc3-c3ccncc3)ccc21.CO. The van der Waals surface area contributed by atoms with Gasteiger partial charge < -0.3 is 19.0 Å². The third-order valence-electron chi connectivity index (χ3n) is 7.49. The van der Waals surface area contributed by atoms with Gasteiger partial charge in [-0.25, -0.2) is 9.97 Å². The molecule has 41 heavy (non-hydrogen) atoms. The van der Waals surface area contributed by atoms with Gasteiger partial charge in [0.25, 0.3) is 0 Å². The van der Waals surface area contributed by atoms with E-state index in [1.54, 1.807) is 24.8 Å². The average molecular weight is 559 g/mol. The van der Waals surface area contributed by atoms with E-state index in [1.807, 2.05) is 26.0 Å². The lowest BCUT2D eigenvalue weighted by molar-refractivity contribution is 0.0317. The number of hydrogen-bond acceptors (Lipinski definition) is 8. The van der Waals surface area contributed by atoms with Gasteiger partial charge in [-0.1, -0.05) is 45.9 Å². The predicted octanol–water partition coefficient (Wildman–Crippen LogP) is 6.04. The van der Waals surface area contributed by atoms with Crippen LogP contribution in [0, 0.1) is 0 Å². The van der Waals surface area contributed by atoms with Crippen LogP contribution in [0.3, 0.4) is 0 Å². The molecule has 0 saturated carbocycles. The van der Waals surface area contributed by atoms with Crippen LogP contribution in [0.15, 0.2) is 65.6 Å². The molecule has 0 amide bonds. The van der Waals surface area contributed by atoms with E-state index in [4.69, 9.17) is 19.0 Å². The Balaban J connectivity index is 0.000000929. The van der Waals surface area contributed by atoms with E-state index in [-0.39, 0.29) is 5.41 Å². The van der Waals surface area contributed by atoms with Crippen LogP contribution < -0.4 is 4.74 Å². The van der Waals surface area contributed by atoms with E-state index < -0.39 is 0 Å². The maximum Gasteiger partial charge on any atom is 0.316 e. The molecular formula is C33H42N4O4. The number of morpholine rings is 1. The Labute approximate surface area is 243 Å². The Bertz CT molecular complexity index is 1360. The van der Waals surface area contributed by atoms with Gasteiger partial charge in [-0.15, -0.1) is 0 Å². The number of pyridine rings is 1. The quantitative estimate of drug-likeness (QED) is 0.294. The number of hydrogen-bond donors (Lipinski definition) is 1. The highest BCUT2D eigenvalue weighted by Gasteiger charge is 2.30. The number of ether oxygens (including phenoxy) is 2. The highest BCUT2D eigenvalue weighted by atomic mass is 16.5. The van der Waals surface area contributed by atoms with Crippen LogP contribution in [-0.2, 0) is 16.6 Å². The Hall–Kier alpha value is -3.59. The molecule has 1 aliphatic carbocycles. The number of furan rings is 1. The van der Waals surface area contributed by atoms with Gasteiger partial charge in [0.15, 0.2) is 0 Å². The lowest BCUT2D eigenvalue weighted by atomic mass is 9.86. The van der Waals surface area contributed by atoms with Crippen LogP contribution in [0.2, 0.25) is 0 Å². The smallest absolute Gasteiger partial charge is 0.316 e. The van der Waals surface area contributed by atoms with Gasteiger partial charge in [-0.3, -0.25) is 9.88 Å². The number of aryl methyl sites for hydroxylation is 1. The van der Waals surface area contributed by atoms with Crippen molar-refractivity contribution in [1.29, 1.82) is 0 Å². The van der Waals surface area contributed by atoms with Crippen LogP contribution in [0.25, 0.3) is 33.8 Å². The molecule has 0 radical (unpaired) electrons. The summed E-state index contributed by atoms with van der Waals surface area (Å²) in [5, 5.41) is 7.00. The molecule has 1 aromatic carbocycles. The lowest BCUT2D eigenvalue weighted by Gasteiger charge is -2.26. The summed E-state index contributed by atoms with van der Waals surface area (Å²) in [6.07, 6.45) is 9.39. The molecule has 8 nitrogen and oxygen atoms in total. The summed E-state index contributed by atoms with van der Waals surface area (Å²) in [6.45, 7) is 13.5. The molecule has 0 atom stereocenters. The number of rotatable bonds is 7. The molecule has 2 aliphatic rings. The van der Waals surface area contributed by atoms with Crippen molar-refractivity contribution in [3.05, 3.63) is 72.3 Å². The molecule has 0 unspecified atom stereocenters. The summed E-state index contributed by atoms with van der Waals surface area (Å²) in [5.41, 5.74) is 7.11. The lowest BCUT2D eigenvalue weighted by Crippen LogP contribution is -2.38. The van der Waals surface area contributed by atoms with Crippen LogP contribution in [0.4, 0.5) is 0 Å². The molecule has 3 aromatic heterocycles. The molecule has 1 saturated heterocycles. The first kappa shape index (κ1) is 30.4. The minimum atomic E-state index is 0.229. The number of fused-ring (bicyclic) bond motifs is 1. The molecule has 1 aliphatic heterocycles. The third-order valence-corrected chi connectivity index (χ3v) is 7.49. The molecule has 4 heterocycles. The summed E-state index contributed by atoms with van der Waals surface area (Å²) in [7, 11) is 1.00. The first-order chi connectivity index (χ1) is 20.1. The van der Waals surface area contributed by atoms with Crippen molar-refractivity contribution >= 4 is 0 Å². The maximum absolute atomic E-state index is 7.00. The first-order valence-electron chi connectivity index (χ1n) is 14.4. The minimum Gasteiger partial charge on any atom is -0.462 e. The zero-order chi connectivity index (χ0) is 29.2. The van der Waals surface area contributed by atoms with Gasteiger partial charge in [-0.2, -0.15) is 0 Å². The van der Waals surface area contributed by atoms with Gasteiger partial charge in [0, 0.05) is 62.7 Å². The summed E-state index contributed by atoms with van der Waals surface area (Å²) < 4.78 is 17.6. The molecule has 6 rings (SSSR count). The third kappa shape index (κ3) is 7.19. The van der Waals surface area contributed by atoms with Gasteiger partial charge in [0.1, 0.15) is 18.1 Å². The first-order valence-corrected chi connectivity index (χ1v) is 14.4. The normalized spacial score (nSPS) is 15.7. The Morgan fingerprint density at radius 1 is 0.927 bits per heavy atom. The maximum atomic E-state index is 7.00. The van der Waals surface area contributed by atoms with Crippen molar-refractivity contribution in [3.63, 3.8) is 0 Å². The summed E-state index contributed by atoms with van der Waals surface area (Å²) >= 11 is 0. The average Bonchev–Trinajstić information content (AvgIpc) is 3.61. The predicted molar refractivity (Wildman–Crippen MR) is 162 cm³/mol. The standard InChI is InChI=1S/C30H32N4O3.C2H6.CH4O/c1-30(2)8-5-23-17-22(3-4-26(23)30)25-18-27(37-28(25)21-6-9-31-10-7-21)24-19-32-29(33-20-24)36-16-13-34-11-14-35-15-12-34;2*1-2/h3-4,6-7,9-10,17-20H,5,8,11-16H2,1-2H3;1-2H3;2H,1H3. The molecule has 4 aromatic rings. The van der Waals surface area contributed by atoms with E-state index in [0.717, 1.165) is 80.2 Å². The zero-order valence-electron chi connectivity index (χ0n) is 24.9. The number of aliphatic hydroxyl groups excluding tert-OH is 1. The van der Waals surface area contributed by atoms with Crippen LogP contribution in [0.1, 0.15) is 45.2 Å². The fraction of sp³-hybridized carbons (Fsp3) is 0.424. The second-order valence-corrected chi connectivity index (χ2v) is 10.4. The van der Waals surface area contributed by atoms with Crippen LogP contribution in [-0.4, -0.2) is 71.5 Å². The number of nitrogens with zero attached hydrogens (tertiary/aromatic N) is 4. The molecule has 1 fully saturated rings. The molecular weight excluding hydrogens is 516 g/mol. The monoisotopic (exact) mass is 558 g/mol. The van der Waals surface area contributed by atoms with Crippen molar-refractivity contribution in [2.45, 2.75) is 46.0 Å². The van der Waals surface area contributed by atoms with Crippen LogP contribution in [0.5, 0.6) is 6.01 Å². The van der Waals surface area contributed by atoms with Gasteiger partial charge >= 0.3 is 6.01 Å². The number of aromatic nitrogens is 3. The summed E-state index contributed by atoms with van der Waals surface area (Å²) in [5.74, 6) is 1.54. The highest BCUT2D eigenvalue weighted by molar-refractivity contribution is 5.84. The van der Waals surface area contributed by atoms with Crippen molar-refractivity contribution < 1.29 is 19.0 Å². The largest absolute Gasteiger partial charge is 0.462 e. The zero-order valence-corrected chi connectivity index (χ0v) is 24.9. The molecule has 0 spiro atoms. The molecule has 218 valence electrons. The molecule has 1 N–H and O–H groups in total. The van der Waals surface area contributed by atoms with Crippen molar-refractivity contribution in [2.24, 2.45) is 0 Å². The highest BCUT2D eigenvalue weighted by Crippen LogP contribution is 2.43. The van der Waals surface area contributed by atoms with E-state index in [0.29, 0.717) is 12.6 Å². The van der Waals surface area contributed by atoms with E-state index >= 15 is 0 Å². The number of aliphatic hydroxyl groups is 1. The van der Waals surface area contributed by atoms with Crippen LogP contribution >= 0.6 is 0 Å². The van der Waals surface area contributed by atoms with Crippen molar-refractivity contribution in [1.82, 2.24) is 19.9 Å². The van der Waals surface area contributed by atoms with Crippen molar-refractivity contribution in [3.8, 4) is 39.8 Å². The van der Waals surface area contributed by atoms with Crippen molar-refractivity contribution in [2.75, 3.05) is 46.6 Å². The van der Waals surface area contributed by atoms with E-state index in [9.17, 15) is 0 Å². The fourth-order valence-electron chi connectivity index (χ4n) is 5.28. The van der Waals surface area contributed by atoms with Gasteiger partial charge in [0.05, 0.1) is 18.8 Å².